The third-order valence-electron chi connectivity index (χ3n) is 4.05. The topological polar surface area (TPSA) is 55.6 Å². The number of benzene rings is 1. The van der Waals surface area contributed by atoms with E-state index in [1.165, 1.54) is 11.1 Å². The summed E-state index contributed by atoms with van der Waals surface area (Å²) in [4.78, 5) is 13.8. The summed E-state index contributed by atoms with van der Waals surface area (Å²) in [6.45, 7) is 1.50. The van der Waals surface area contributed by atoms with Gasteiger partial charge in [0.15, 0.2) is 0 Å². The number of amides is 1. The van der Waals surface area contributed by atoms with Crippen LogP contribution in [0.5, 0.6) is 5.75 Å². The van der Waals surface area contributed by atoms with E-state index < -0.39 is 5.54 Å². The highest BCUT2D eigenvalue weighted by Gasteiger charge is 2.47. The maximum atomic E-state index is 12.0. The van der Waals surface area contributed by atoms with Crippen molar-refractivity contribution < 1.29 is 9.53 Å². The second-order valence-corrected chi connectivity index (χ2v) is 5.67. The minimum atomic E-state index is -0.555. The monoisotopic (exact) mass is 260 g/mol. The van der Waals surface area contributed by atoms with Crippen molar-refractivity contribution in [3.8, 4) is 5.75 Å². The van der Waals surface area contributed by atoms with Gasteiger partial charge in [0.2, 0.25) is 5.91 Å². The molecule has 0 aromatic heterocycles. The molecule has 1 aromatic carbocycles. The molecule has 0 spiro atoms. The van der Waals surface area contributed by atoms with Crippen molar-refractivity contribution >= 4 is 5.91 Å². The first-order chi connectivity index (χ1) is 9.08. The molecular weight excluding hydrogens is 240 g/mol. The fourth-order valence-electron chi connectivity index (χ4n) is 2.52. The van der Waals surface area contributed by atoms with Crippen LogP contribution >= 0.6 is 0 Å². The smallest absolute Gasteiger partial charge is 0.242 e. The van der Waals surface area contributed by atoms with Crippen molar-refractivity contribution in [2.45, 2.75) is 31.2 Å². The molecule has 1 aliphatic heterocycles. The number of ether oxygens (including phenoxy) is 1. The molecule has 1 amide bonds. The number of carbonyl (C=O) groups is 1. The molecule has 1 heterocycles. The normalized spacial score (nSPS) is 18.6. The van der Waals surface area contributed by atoms with E-state index in [2.05, 4.69) is 12.1 Å². The van der Waals surface area contributed by atoms with E-state index in [-0.39, 0.29) is 5.91 Å². The molecule has 1 aliphatic carbocycles. The van der Waals surface area contributed by atoms with Gasteiger partial charge in [-0.2, -0.15) is 0 Å². The van der Waals surface area contributed by atoms with Crippen LogP contribution in [-0.4, -0.2) is 36.5 Å². The highest BCUT2D eigenvalue weighted by molar-refractivity contribution is 5.88. The Hall–Kier alpha value is -1.55. The Kier molecular flexibility index (Phi) is 2.97. The molecule has 19 heavy (non-hydrogen) atoms. The van der Waals surface area contributed by atoms with Gasteiger partial charge in [-0.25, -0.2) is 0 Å². The molecule has 3 rings (SSSR count). The Morgan fingerprint density at radius 2 is 2.26 bits per heavy atom. The van der Waals surface area contributed by atoms with Crippen LogP contribution < -0.4 is 10.5 Å². The van der Waals surface area contributed by atoms with E-state index in [1.807, 2.05) is 13.1 Å². The molecule has 2 N–H and O–H groups in total. The molecular formula is C15H20N2O2. The van der Waals surface area contributed by atoms with Gasteiger partial charge >= 0.3 is 0 Å². The van der Waals surface area contributed by atoms with E-state index in [0.717, 1.165) is 44.6 Å². The van der Waals surface area contributed by atoms with Crippen molar-refractivity contribution in [2.24, 2.45) is 5.73 Å². The molecule has 0 atom stereocenters. The van der Waals surface area contributed by atoms with Gasteiger partial charge in [0, 0.05) is 20.0 Å². The van der Waals surface area contributed by atoms with Crippen LogP contribution in [0.25, 0.3) is 0 Å². The zero-order valence-corrected chi connectivity index (χ0v) is 11.3. The summed E-state index contributed by atoms with van der Waals surface area (Å²) in [5.74, 6) is 1.09. The van der Waals surface area contributed by atoms with Crippen molar-refractivity contribution in [3.05, 3.63) is 29.3 Å². The Bertz CT molecular complexity index is 509. The fourth-order valence-corrected chi connectivity index (χ4v) is 2.52. The summed E-state index contributed by atoms with van der Waals surface area (Å²) >= 11 is 0. The van der Waals surface area contributed by atoms with Crippen LogP contribution in [0.4, 0.5) is 0 Å². The lowest BCUT2D eigenvalue weighted by Gasteiger charge is -2.21. The number of hydrogen-bond acceptors (Lipinski definition) is 3. The zero-order valence-electron chi connectivity index (χ0n) is 11.3. The summed E-state index contributed by atoms with van der Waals surface area (Å²) in [6, 6.07) is 6.30. The van der Waals surface area contributed by atoms with E-state index in [0.29, 0.717) is 0 Å². The van der Waals surface area contributed by atoms with Gasteiger partial charge in [0.1, 0.15) is 5.75 Å². The van der Waals surface area contributed by atoms with E-state index in [4.69, 9.17) is 10.5 Å². The van der Waals surface area contributed by atoms with Crippen molar-refractivity contribution in [1.29, 1.82) is 0 Å². The predicted octanol–water partition coefficient (Wildman–Crippen LogP) is 1.11. The largest absolute Gasteiger partial charge is 0.493 e. The predicted molar refractivity (Wildman–Crippen MR) is 73.1 cm³/mol. The lowest BCUT2D eigenvalue weighted by molar-refractivity contribution is -0.132. The summed E-state index contributed by atoms with van der Waals surface area (Å²) < 4.78 is 5.49. The average molecular weight is 260 g/mol. The molecule has 0 saturated heterocycles. The zero-order chi connectivity index (χ0) is 13.5. The van der Waals surface area contributed by atoms with Gasteiger partial charge in [-0.15, -0.1) is 0 Å². The third-order valence-corrected chi connectivity index (χ3v) is 4.05. The van der Waals surface area contributed by atoms with Crippen LogP contribution in [0.3, 0.4) is 0 Å². The van der Waals surface area contributed by atoms with E-state index >= 15 is 0 Å². The van der Waals surface area contributed by atoms with Crippen LogP contribution in [0.1, 0.15) is 24.0 Å². The first-order valence-electron chi connectivity index (χ1n) is 6.87. The maximum Gasteiger partial charge on any atom is 0.242 e. The number of nitrogens with zero attached hydrogens (tertiary/aromatic N) is 1. The van der Waals surface area contributed by atoms with E-state index in [9.17, 15) is 4.79 Å². The second kappa shape index (κ2) is 4.53. The highest BCUT2D eigenvalue weighted by Crippen LogP contribution is 2.33. The number of rotatable bonds is 4. The minimum Gasteiger partial charge on any atom is -0.493 e. The number of likely N-dealkylation sites (N-methyl/N-ethyl adjacent to an activating group) is 1. The SMILES string of the molecule is CN(CCc1ccc2c(c1)CCO2)C(=O)C1(N)CC1. The number of carbonyl (C=O) groups excluding carboxylic acids is 1. The molecule has 1 fully saturated rings. The summed E-state index contributed by atoms with van der Waals surface area (Å²) in [6.07, 6.45) is 3.51. The first-order valence-corrected chi connectivity index (χ1v) is 6.87. The quantitative estimate of drug-likeness (QED) is 0.882. The number of fused-ring (bicyclic) bond motifs is 1. The summed E-state index contributed by atoms with van der Waals surface area (Å²) in [7, 11) is 1.84. The van der Waals surface area contributed by atoms with Gasteiger partial charge < -0.3 is 15.4 Å². The lowest BCUT2D eigenvalue weighted by Crippen LogP contribution is -2.44. The van der Waals surface area contributed by atoms with Gasteiger partial charge in [-0.1, -0.05) is 12.1 Å². The Balaban J connectivity index is 1.58. The molecule has 1 saturated carbocycles. The van der Waals surface area contributed by atoms with Crippen molar-refractivity contribution in [3.63, 3.8) is 0 Å². The summed E-state index contributed by atoms with van der Waals surface area (Å²) in [5.41, 5.74) is 7.91. The van der Waals surface area contributed by atoms with Gasteiger partial charge in [-0.05, 0) is 36.5 Å². The summed E-state index contributed by atoms with van der Waals surface area (Å²) in [5, 5.41) is 0. The molecule has 2 aliphatic rings. The fraction of sp³-hybridized carbons (Fsp3) is 0.533. The second-order valence-electron chi connectivity index (χ2n) is 5.67. The maximum absolute atomic E-state index is 12.0. The van der Waals surface area contributed by atoms with Gasteiger partial charge in [-0.3, -0.25) is 4.79 Å². The standard InChI is InChI=1S/C15H20N2O2/c1-17(14(18)15(16)6-7-15)8-4-11-2-3-13-12(10-11)5-9-19-13/h2-3,10H,4-9,16H2,1H3. The van der Waals surface area contributed by atoms with Crippen LogP contribution in [0.15, 0.2) is 18.2 Å². The highest BCUT2D eigenvalue weighted by atomic mass is 16.5. The van der Waals surface area contributed by atoms with Crippen molar-refractivity contribution in [1.82, 2.24) is 4.90 Å². The molecule has 0 bridgehead atoms. The van der Waals surface area contributed by atoms with E-state index in [1.54, 1.807) is 4.90 Å². The van der Waals surface area contributed by atoms with Crippen molar-refractivity contribution in [2.75, 3.05) is 20.2 Å². The van der Waals surface area contributed by atoms with Crippen LogP contribution in [-0.2, 0) is 17.6 Å². The van der Waals surface area contributed by atoms with Crippen LogP contribution in [0.2, 0.25) is 0 Å². The average Bonchev–Trinajstić information content (AvgIpc) is 3.00. The molecule has 102 valence electrons. The van der Waals surface area contributed by atoms with Gasteiger partial charge in [0.25, 0.3) is 0 Å². The van der Waals surface area contributed by atoms with Gasteiger partial charge in [0.05, 0.1) is 12.1 Å². The molecule has 4 heteroatoms. The molecule has 1 aromatic rings. The number of nitrogens with two attached hydrogens (primary N) is 1. The Morgan fingerprint density at radius 1 is 1.47 bits per heavy atom. The molecule has 4 nitrogen and oxygen atoms in total. The molecule has 0 radical (unpaired) electrons. The Labute approximate surface area is 113 Å². The Morgan fingerprint density at radius 3 is 3.00 bits per heavy atom. The van der Waals surface area contributed by atoms with Crippen LogP contribution in [0, 0.1) is 0 Å². The third kappa shape index (κ3) is 2.45. The number of hydrogen-bond donors (Lipinski definition) is 1. The minimum absolute atomic E-state index is 0.0805. The lowest BCUT2D eigenvalue weighted by atomic mass is 10.1. The first kappa shape index (κ1) is 12.5. The molecule has 0 unspecified atom stereocenters.